The van der Waals surface area contributed by atoms with Crippen molar-refractivity contribution in [1.29, 1.82) is 0 Å². The number of aliphatic carboxylic acids is 1. The molecule has 0 aromatic heterocycles. The Morgan fingerprint density at radius 2 is 1.81 bits per heavy atom. The molecule has 5 rings (SSSR count). The summed E-state index contributed by atoms with van der Waals surface area (Å²) in [4.78, 5) is 40.6. The second-order valence-electron chi connectivity index (χ2n) is 8.80. The van der Waals surface area contributed by atoms with Crippen molar-refractivity contribution in [1.82, 2.24) is 10.2 Å². The Kier molecular flexibility index (Phi) is 4.90. The third-order valence-corrected chi connectivity index (χ3v) is 7.18. The Balaban J connectivity index is 1.56. The molecule has 3 aliphatic heterocycles. The molecular formula is C22H26N2O7. The maximum absolute atomic E-state index is 13.5. The van der Waals surface area contributed by atoms with Crippen LogP contribution in [0.5, 0.6) is 11.5 Å². The molecule has 1 aromatic rings. The lowest BCUT2D eigenvalue weighted by Gasteiger charge is -2.33. The highest BCUT2D eigenvalue weighted by Gasteiger charge is 2.69. The van der Waals surface area contributed by atoms with E-state index in [1.54, 1.807) is 18.2 Å². The Morgan fingerprint density at radius 3 is 2.48 bits per heavy atom. The number of carbonyl (C=O) groups excluding carboxylic acids is 2. The number of aliphatic hydroxyl groups is 1. The van der Waals surface area contributed by atoms with E-state index in [4.69, 9.17) is 9.47 Å². The van der Waals surface area contributed by atoms with Gasteiger partial charge in [-0.15, -0.1) is 0 Å². The normalized spacial score (nSPS) is 32.9. The summed E-state index contributed by atoms with van der Waals surface area (Å²) in [6.07, 6.45) is 4.41. The summed E-state index contributed by atoms with van der Waals surface area (Å²) in [5.41, 5.74) is -1.29. The van der Waals surface area contributed by atoms with Crippen molar-refractivity contribution in [2.45, 2.75) is 49.7 Å². The van der Waals surface area contributed by atoms with Gasteiger partial charge < -0.3 is 19.7 Å². The van der Waals surface area contributed by atoms with Crippen molar-refractivity contribution in [3.8, 4) is 11.5 Å². The molecule has 0 spiro atoms. The van der Waals surface area contributed by atoms with Crippen molar-refractivity contribution in [2.75, 3.05) is 19.8 Å². The van der Waals surface area contributed by atoms with Gasteiger partial charge in [-0.25, -0.2) is 0 Å². The number of likely N-dealkylation sites (tertiary alicyclic amines) is 1. The van der Waals surface area contributed by atoms with Gasteiger partial charge in [0.05, 0.1) is 18.4 Å². The van der Waals surface area contributed by atoms with Gasteiger partial charge in [-0.2, -0.15) is 0 Å². The monoisotopic (exact) mass is 430 g/mol. The lowest BCUT2D eigenvalue weighted by atomic mass is 9.79. The number of ether oxygens (including phenoxy) is 2. The van der Waals surface area contributed by atoms with Crippen molar-refractivity contribution >= 4 is 17.8 Å². The lowest BCUT2D eigenvalue weighted by Crippen LogP contribution is -2.59. The van der Waals surface area contributed by atoms with Gasteiger partial charge >= 0.3 is 5.97 Å². The van der Waals surface area contributed by atoms with Crippen LogP contribution in [-0.4, -0.2) is 64.3 Å². The molecule has 4 aliphatic rings. The quantitative estimate of drug-likeness (QED) is 0.601. The van der Waals surface area contributed by atoms with E-state index in [9.17, 15) is 24.6 Å². The van der Waals surface area contributed by atoms with Crippen LogP contribution in [0.2, 0.25) is 0 Å². The smallest absolute Gasteiger partial charge is 0.327 e. The Labute approximate surface area is 179 Å². The molecule has 3 fully saturated rings. The highest BCUT2D eigenvalue weighted by atomic mass is 16.6. The van der Waals surface area contributed by atoms with Gasteiger partial charge in [0.15, 0.2) is 17.0 Å². The Bertz CT molecular complexity index is 928. The molecule has 31 heavy (non-hydrogen) atoms. The SMILES string of the molecule is O=C1C2C(c3ccc4c(c3)OCCO4)NC(CO)(C(=O)O)C2C(=O)N1C1CCCCC1. The van der Waals surface area contributed by atoms with Crippen molar-refractivity contribution in [3.63, 3.8) is 0 Å². The van der Waals surface area contributed by atoms with E-state index in [0.717, 1.165) is 32.1 Å². The third kappa shape index (κ3) is 2.94. The lowest BCUT2D eigenvalue weighted by molar-refractivity contribution is -0.154. The molecule has 0 radical (unpaired) electrons. The van der Waals surface area contributed by atoms with Crippen LogP contribution in [0.15, 0.2) is 18.2 Å². The van der Waals surface area contributed by atoms with Crippen LogP contribution in [0, 0.1) is 11.8 Å². The minimum Gasteiger partial charge on any atom is -0.486 e. The van der Waals surface area contributed by atoms with E-state index in [0.29, 0.717) is 30.3 Å². The predicted octanol–water partition coefficient (Wildman–Crippen LogP) is 0.852. The standard InChI is InChI=1S/C22H26N2O7/c25-11-22(21(28)29)17-16(19(26)24(20(17)27)13-4-2-1-3-5-13)18(23-22)12-6-7-14-15(10-12)31-9-8-30-14/h6-7,10,13,16-18,23,25H,1-5,8-9,11H2,(H,28,29). The number of hydrogen-bond donors (Lipinski definition) is 3. The molecule has 4 unspecified atom stereocenters. The number of rotatable bonds is 4. The first-order chi connectivity index (χ1) is 15.0. The summed E-state index contributed by atoms with van der Waals surface area (Å²) >= 11 is 0. The molecule has 0 bridgehead atoms. The fourth-order valence-electron chi connectivity index (χ4n) is 5.67. The average Bonchev–Trinajstić information content (AvgIpc) is 3.28. The fourth-order valence-corrected chi connectivity index (χ4v) is 5.67. The molecule has 9 nitrogen and oxygen atoms in total. The van der Waals surface area contributed by atoms with E-state index < -0.39 is 41.9 Å². The Hall–Kier alpha value is -2.65. The number of nitrogens with one attached hydrogen (secondary N) is 1. The zero-order chi connectivity index (χ0) is 21.8. The second-order valence-corrected chi connectivity index (χ2v) is 8.80. The molecule has 9 heteroatoms. The highest BCUT2D eigenvalue weighted by molar-refractivity contribution is 6.09. The molecule has 1 aromatic carbocycles. The van der Waals surface area contributed by atoms with E-state index in [1.165, 1.54) is 4.90 Å². The van der Waals surface area contributed by atoms with E-state index in [-0.39, 0.29) is 11.9 Å². The molecule has 166 valence electrons. The molecule has 3 N–H and O–H groups in total. The first-order valence-electron chi connectivity index (χ1n) is 10.9. The highest BCUT2D eigenvalue weighted by Crippen LogP contribution is 2.50. The number of carbonyl (C=O) groups is 3. The van der Waals surface area contributed by atoms with Crippen LogP contribution in [0.25, 0.3) is 0 Å². The van der Waals surface area contributed by atoms with Crippen LogP contribution < -0.4 is 14.8 Å². The Morgan fingerprint density at radius 1 is 1.10 bits per heavy atom. The number of amides is 2. The zero-order valence-corrected chi connectivity index (χ0v) is 17.1. The molecule has 1 aliphatic carbocycles. The van der Waals surface area contributed by atoms with E-state index >= 15 is 0 Å². The molecule has 2 saturated heterocycles. The predicted molar refractivity (Wildman–Crippen MR) is 106 cm³/mol. The minimum atomic E-state index is -1.92. The van der Waals surface area contributed by atoms with E-state index in [2.05, 4.69) is 5.32 Å². The van der Waals surface area contributed by atoms with Gasteiger partial charge in [-0.3, -0.25) is 24.6 Å². The number of fused-ring (bicyclic) bond motifs is 2. The molecule has 2 amide bonds. The van der Waals surface area contributed by atoms with Crippen molar-refractivity contribution < 1.29 is 34.1 Å². The fraction of sp³-hybridized carbons (Fsp3) is 0.591. The zero-order valence-electron chi connectivity index (χ0n) is 17.1. The first kappa shape index (κ1) is 20.3. The van der Waals surface area contributed by atoms with Crippen molar-refractivity contribution in [3.05, 3.63) is 23.8 Å². The number of aliphatic hydroxyl groups excluding tert-OH is 1. The third-order valence-electron chi connectivity index (χ3n) is 7.18. The topological polar surface area (TPSA) is 125 Å². The number of nitrogens with zero attached hydrogens (tertiary/aromatic N) is 1. The van der Waals surface area contributed by atoms with Crippen LogP contribution >= 0.6 is 0 Å². The van der Waals surface area contributed by atoms with Crippen LogP contribution in [0.3, 0.4) is 0 Å². The maximum atomic E-state index is 13.5. The number of carboxylic acid groups (broad SMARTS) is 1. The summed E-state index contributed by atoms with van der Waals surface area (Å²) in [5.74, 6) is -3.16. The number of carboxylic acids is 1. The van der Waals surface area contributed by atoms with Gasteiger partial charge in [0.1, 0.15) is 13.2 Å². The summed E-state index contributed by atoms with van der Waals surface area (Å²) in [7, 11) is 0. The largest absolute Gasteiger partial charge is 0.486 e. The van der Waals surface area contributed by atoms with Crippen molar-refractivity contribution in [2.24, 2.45) is 11.8 Å². The number of benzene rings is 1. The van der Waals surface area contributed by atoms with Gasteiger partial charge in [-0.1, -0.05) is 25.3 Å². The minimum absolute atomic E-state index is 0.203. The maximum Gasteiger partial charge on any atom is 0.327 e. The first-order valence-corrected chi connectivity index (χ1v) is 10.9. The molecular weight excluding hydrogens is 404 g/mol. The van der Waals surface area contributed by atoms with Crippen LogP contribution in [-0.2, 0) is 14.4 Å². The van der Waals surface area contributed by atoms with Gasteiger partial charge in [0.25, 0.3) is 0 Å². The van der Waals surface area contributed by atoms with Gasteiger partial charge in [-0.05, 0) is 30.5 Å². The summed E-state index contributed by atoms with van der Waals surface area (Å²) in [5, 5.41) is 23.1. The summed E-state index contributed by atoms with van der Waals surface area (Å²) in [6, 6.07) is 4.25. The number of hydrogen-bond acceptors (Lipinski definition) is 7. The molecule has 4 atom stereocenters. The number of imide groups is 1. The average molecular weight is 430 g/mol. The second kappa shape index (κ2) is 7.49. The van der Waals surface area contributed by atoms with E-state index in [1.807, 2.05) is 0 Å². The van der Waals surface area contributed by atoms with Gasteiger partial charge in [0.2, 0.25) is 11.8 Å². The summed E-state index contributed by atoms with van der Waals surface area (Å²) in [6.45, 7) is 0.0416. The van der Waals surface area contributed by atoms with Crippen LogP contribution in [0.4, 0.5) is 0 Å². The van der Waals surface area contributed by atoms with Crippen LogP contribution in [0.1, 0.15) is 43.7 Å². The van der Waals surface area contributed by atoms with Gasteiger partial charge in [0, 0.05) is 12.1 Å². The molecule has 1 saturated carbocycles. The summed E-state index contributed by atoms with van der Waals surface area (Å²) < 4.78 is 11.2. The molecule has 3 heterocycles.